The lowest BCUT2D eigenvalue weighted by molar-refractivity contribution is -0.158. The third kappa shape index (κ3) is 1.32. The first kappa shape index (κ1) is 9.48. The van der Waals surface area contributed by atoms with Crippen molar-refractivity contribution in [3.8, 4) is 0 Å². The van der Waals surface area contributed by atoms with Crippen molar-refractivity contribution in [3.63, 3.8) is 0 Å². The number of carbonyl (C=O) groups is 1. The third-order valence-electron chi connectivity index (χ3n) is 2.46. The maximum atomic E-state index is 11.1. The Morgan fingerprint density at radius 3 is 2.50 bits per heavy atom. The van der Waals surface area contributed by atoms with E-state index in [9.17, 15) is 4.79 Å². The minimum absolute atomic E-state index is 0.0724. The Bertz CT molecular complexity index is 196. The van der Waals surface area contributed by atoms with E-state index in [0.29, 0.717) is 12.8 Å². The lowest BCUT2D eigenvalue weighted by atomic mass is 9.59. The van der Waals surface area contributed by atoms with Gasteiger partial charge in [0.2, 0.25) is 0 Å². The maximum Gasteiger partial charge on any atom is 0.325 e. The van der Waals surface area contributed by atoms with Crippen LogP contribution in [0.15, 0.2) is 0 Å². The number of nitrogens with two attached hydrogens (primary N) is 1. The number of ether oxygens (including phenoxy) is 1. The van der Waals surface area contributed by atoms with E-state index in [2.05, 4.69) is 4.74 Å². The number of hydrogen-bond donors (Lipinski definition) is 2. The third-order valence-corrected chi connectivity index (χ3v) is 2.46. The molecule has 1 saturated carbocycles. The second kappa shape index (κ2) is 2.71. The minimum atomic E-state index is -0.855. The summed E-state index contributed by atoms with van der Waals surface area (Å²) >= 11 is 0. The SMILES string of the molecule is COC(=O)C1(N)CC(C)(CO)C1. The highest BCUT2D eigenvalue weighted by atomic mass is 16.5. The molecule has 0 bridgehead atoms. The summed E-state index contributed by atoms with van der Waals surface area (Å²) in [5.74, 6) is -0.381. The summed E-state index contributed by atoms with van der Waals surface area (Å²) < 4.78 is 4.55. The molecule has 0 aromatic heterocycles. The Hall–Kier alpha value is -0.610. The van der Waals surface area contributed by atoms with Crippen LogP contribution in [0.1, 0.15) is 19.8 Å². The summed E-state index contributed by atoms with van der Waals surface area (Å²) in [7, 11) is 1.32. The molecule has 1 aliphatic carbocycles. The molecule has 0 aromatic carbocycles. The summed E-state index contributed by atoms with van der Waals surface area (Å²) in [4.78, 5) is 11.1. The van der Waals surface area contributed by atoms with Crippen LogP contribution in [0.3, 0.4) is 0 Å². The van der Waals surface area contributed by atoms with Gasteiger partial charge in [0.05, 0.1) is 7.11 Å². The predicted octanol–water partition coefficient (Wildman–Crippen LogP) is -0.351. The van der Waals surface area contributed by atoms with Crippen LogP contribution >= 0.6 is 0 Å². The zero-order valence-corrected chi connectivity index (χ0v) is 7.46. The zero-order chi connectivity index (χ0) is 9.41. The number of hydrogen-bond acceptors (Lipinski definition) is 4. The van der Waals surface area contributed by atoms with E-state index in [-0.39, 0.29) is 18.0 Å². The molecule has 4 heteroatoms. The molecule has 0 radical (unpaired) electrons. The number of methoxy groups -OCH3 is 1. The Morgan fingerprint density at radius 1 is 1.67 bits per heavy atom. The first-order chi connectivity index (χ1) is 5.46. The van der Waals surface area contributed by atoms with Crippen molar-refractivity contribution in [3.05, 3.63) is 0 Å². The minimum Gasteiger partial charge on any atom is -0.468 e. The fourth-order valence-electron chi connectivity index (χ4n) is 1.93. The smallest absolute Gasteiger partial charge is 0.325 e. The summed E-state index contributed by atoms with van der Waals surface area (Å²) in [5.41, 5.74) is 4.68. The highest BCUT2D eigenvalue weighted by Crippen LogP contribution is 2.46. The Kier molecular flexibility index (Phi) is 2.14. The van der Waals surface area contributed by atoms with Gasteiger partial charge in [0, 0.05) is 6.61 Å². The average molecular weight is 173 g/mol. The molecule has 0 saturated heterocycles. The van der Waals surface area contributed by atoms with Crippen molar-refractivity contribution in [2.45, 2.75) is 25.3 Å². The van der Waals surface area contributed by atoms with Crippen molar-refractivity contribution in [1.82, 2.24) is 0 Å². The number of esters is 1. The molecule has 1 fully saturated rings. The van der Waals surface area contributed by atoms with Gasteiger partial charge in [-0.15, -0.1) is 0 Å². The lowest BCUT2D eigenvalue weighted by Crippen LogP contribution is -2.63. The molecule has 0 aliphatic heterocycles. The highest BCUT2D eigenvalue weighted by Gasteiger charge is 2.54. The van der Waals surface area contributed by atoms with E-state index >= 15 is 0 Å². The van der Waals surface area contributed by atoms with Crippen LogP contribution in [-0.4, -0.2) is 30.3 Å². The Balaban J connectivity index is 2.55. The van der Waals surface area contributed by atoms with Gasteiger partial charge in [0.1, 0.15) is 5.54 Å². The van der Waals surface area contributed by atoms with Crippen LogP contribution < -0.4 is 5.73 Å². The van der Waals surface area contributed by atoms with Gasteiger partial charge in [-0.2, -0.15) is 0 Å². The van der Waals surface area contributed by atoms with Crippen LogP contribution in [0, 0.1) is 5.41 Å². The number of aliphatic hydroxyl groups excluding tert-OH is 1. The van der Waals surface area contributed by atoms with E-state index in [1.807, 2.05) is 6.92 Å². The summed E-state index contributed by atoms with van der Waals surface area (Å²) in [6, 6.07) is 0. The number of carbonyl (C=O) groups excluding carboxylic acids is 1. The van der Waals surface area contributed by atoms with Gasteiger partial charge in [0.25, 0.3) is 0 Å². The molecule has 1 rings (SSSR count). The molecule has 0 unspecified atom stereocenters. The van der Waals surface area contributed by atoms with E-state index < -0.39 is 5.54 Å². The van der Waals surface area contributed by atoms with Crippen molar-refractivity contribution < 1.29 is 14.6 Å². The highest BCUT2D eigenvalue weighted by molar-refractivity contribution is 5.82. The molecule has 4 nitrogen and oxygen atoms in total. The van der Waals surface area contributed by atoms with Crippen LogP contribution in [0.5, 0.6) is 0 Å². The number of rotatable bonds is 2. The average Bonchev–Trinajstić information content (AvgIpc) is 2.00. The topological polar surface area (TPSA) is 72.5 Å². The zero-order valence-electron chi connectivity index (χ0n) is 7.46. The largest absolute Gasteiger partial charge is 0.468 e. The standard InChI is InChI=1S/C8H15NO3/c1-7(5-10)3-8(9,4-7)6(11)12-2/h10H,3-5,9H2,1-2H3. The van der Waals surface area contributed by atoms with Crippen molar-refractivity contribution in [1.29, 1.82) is 0 Å². The fraction of sp³-hybridized carbons (Fsp3) is 0.875. The fourth-order valence-corrected chi connectivity index (χ4v) is 1.93. The summed E-state index contributed by atoms with van der Waals surface area (Å²) in [6.07, 6.45) is 1.01. The van der Waals surface area contributed by atoms with Gasteiger partial charge in [-0.3, -0.25) is 4.79 Å². The molecule has 0 heterocycles. The molecule has 3 N–H and O–H groups in total. The molecule has 1 aliphatic rings. The van der Waals surface area contributed by atoms with E-state index in [4.69, 9.17) is 10.8 Å². The molecule has 70 valence electrons. The van der Waals surface area contributed by atoms with Crippen molar-refractivity contribution >= 4 is 5.97 Å². The normalized spacial score (nSPS) is 40.3. The van der Waals surface area contributed by atoms with Gasteiger partial charge >= 0.3 is 5.97 Å². The Morgan fingerprint density at radius 2 is 2.17 bits per heavy atom. The molecule has 0 aromatic rings. The van der Waals surface area contributed by atoms with Crippen molar-refractivity contribution in [2.75, 3.05) is 13.7 Å². The van der Waals surface area contributed by atoms with E-state index in [0.717, 1.165) is 0 Å². The van der Waals surface area contributed by atoms with Gasteiger partial charge in [0.15, 0.2) is 0 Å². The van der Waals surface area contributed by atoms with Crippen LogP contribution in [0.4, 0.5) is 0 Å². The number of aliphatic hydroxyl groups is 1. The van der Waals surface area contributed by atoms with Gasteiger partial charge in [-0.1, -0.05) is 6.92 Å². The molecular formula is C8H15NO3. The lowest BCUT2D eigenvalue weighted by Gasteiger charge is -2.49. The summed E-state index contributed by atoms with van der Waals surface area (Å²) in [6.45, 7) is 1.98. The van der Waals surface area contributed by atoms with Crippen LogP contribution in [0.2, 0.25) is 0 Å². The maximum absolute atomic E-state index is 11.1. The van der Waals surface area contributed by atoms with Gasteiger partial charge in [-0.25, -0.2) is 0 Å². The molecule has 0 atom stereocenters. The van der Waals surface area contributed by atoms with E-state index in [1.165, 1.54) is 7.11 Å². The molecule has 12 heavy (non-hydrogen) atoms. The molecule has 0 amide bonds. The molecular weight excluding hydrogens is 158 g/mol. The van der Waals surface area contributed by atoms with E-state index in [1.54, 1.807) is 0 Å². The monoisotopic (exact) mass is 173 g/mol. The predicted molar refractivity (Wildman–Crippen MR) is 43.4 cm³/mol. The quantitative estimate of drug-likeness (QED) is 0.560. The second-order valence-electron chi connectivity index (χ2n) is 3.97. The second-order valence-corrected chi connectivity index (χ2v) is 3.97. The first-order valence-electron chi connectivity index (χ1n) is 3.94. The van der Waals surface area contributed by atoms with Gasteiger partial charge in [-0.05, 0) is 18.3 Å². The van der Waals surface area contributed by atoms with Crippen LogP contribution in [-0.2, 0) is 9.53 Å². The summed E-state index contributed by atoms with van der Waals surface area (Å²) in [5, 5.41) is 8.92. The van der Waals surface area contributed by atoms with Crippen LogP contribution in [0.25, 0.3) is 0 Å². The molecule has 0 spiro atoms. The first-order valence-corrected chi connectivity index (χ1v) is 3.94. The Labute approximate surface area is 71.7 Å². The van der Waals surface area contributed by atoms with Crippen molar-refractivity contribution in [2.24, 2.45) is 11.1 Å². The van der Waals surface area contributed by atoms with Gasteiger partial charge < -0.3 is 15.6 Å².